The number of nitrogens with zero attached hydrogens (tertiary/aromatic N) is 2. The average Bonchev–Trinajstić information content (AvgIpc) is 2.84. The highest BCUT2D eigenvalue weighted by atomic mass is 32.1. The summed E-state index contributed by atoms with van der Waals surface area (Å²) in [5.41, 5.74) is 7.70. The van der Waals surface area contributed by atoms with E-state index in [-0.39, 0.29) is 0 Å². The smallest absolute Gasteiger partial charge is 0.111 e. The molecule has 0 aliphatic carbocycles. The number of thiocarbonyl (C=S) groups is 1. The van der Waals surface area contributed by atoms with Crippen molar-refractivity contribution >= 4 is 17.2 Å². The molecule has 100 valence electrons. The second-order valence-corrected chi connectivity index (χ2v) is 4.72. The minimum atomic E-state index is 0.423. The highest BCUT2D eigenvalue weighted by molar-refractivity contribution is 7.80. The molecule has 0 saturated carbocycles. The van der Waals surface area contributed by atoms with E-state index in [0.717, 1.165) is 29.9 Å². The van der Waals surface area contributed by atoms with Crippen molar-refractivity contribution in [2.45, 2.75) is 13.0 Å². The van der Waals surface area contributed by atoms with Crippen molar-refractivity contribution in [1.29, 1.82) is 0 Å². The number of aromatic nitrogens is 2. The molecule has 0 atom stereocenters. The molecule has 0 unspecified atom stereocenters. The number of benzene rings is 1. The Kier molecular flexibility index (Phi) is 4.65. The van der Waals surface area contributed by atoms with Crippen LogP contribution < -0.4 is 5.73 Å². The molecule has 0 amide bonds. The maximum atomic E-state index is 5.65. The zero-order valence-electron chi connectivity index (χ0n) is 10.9. The summed E-state index contributed by atoms with van der Waals surface area (Å²) in [6.07, 6.45) is 4.58. The summed E-state index contributed by atoms with van der Waals surface area (Å²) in [4.78, 5) is 4.76. The van der Waals surface area contributed by atoms with Crippen molar-refractivity contribution in [1.82, 2.24) is 9.55 Å². The zero-order valence-corrected chi connectivity index (χ0v) is 11.7. The fourth-order valence-corrected chi connectivity index (χ4v) is 2.05. The summed E-state index contributed by atoms with van der Waals surface area (Å²) in [5, 5.41) is 0. The molecule has 0 fully saturated rings. The van der Waals surface area contributed by atoms with Crippen LogP contribution in [0, 0.1) is 0 Å². The zero-order chi connectivity index (χ0) is 13.7. The van der Waals surface area contributed by atoms with Gasteiger partial charge >= 0.3 is 0 Å². The highest BCUT2D eigenvalue weighted by Gasteiger charge is 2.04. The third-order valence-corrected chi connectivity index (χ3v) is 3.13. The van der Waals surface area contributed by atoms with E-state index in [9.17, 15) is 0 Å². The maximum Gasteiger partial charge on any atom is 0.111 e. The van der Waals surface area contributed by atoms with Crippen molar-refractivity contribution in [3.63, 3.8) is 0 Å². The lowest BCUT2D eigenvalue weighted by Crippen LogP contribution is -2.11. The van der Waals surface area contributed by atoms with Crippen LogP contribution in [-0.2, 0) is 17.7 Å². The SMILES string of the molecule is COCCc1nccn1Cc1cccc(C(N)=S)c1. The largest absolute Gasteiger partial charge is 0.389 e. The van der Waals surface area contributed by atoms with Gasteiger partial charge in [0.05, 0.1) is 6.61 Å². The second kappa shape index (κ2) is 6.45. The first kappa shape index (κ1) is 13.7. The molecule has 0 spiro atoms. The lowest BCUT2D eigenvalue weighted by atomic mass is 10.1. The van der Waals surface area contributed by atoms with Crippen LogP contribution in [0.4, 0.5) is 0 Å². The Morgan fingerprint density at radius 3 is 3.05 bits per heavy atom. The number of hydrogen-bond acceptors (Lipinski definition) is 3. The third-order valence-electron chi connectivity index (χ3n) is 2.90. The predicted molar refractivity (Wildman–Crippen MR) is 79.2 cm³/mol. The number of imidazole rings is 1. The molecule has 1 heterocycles. The van der Waals surface area contributed by atoms with E-state index in [0.29, 0.717) is 11.6 Å². The number of rotatable bonds is 6. The molecule has 0 aliphatic heterocycles. The van der Waals surface area contributed by atoms with Gasteiger partial charge in [-0.3, -0.25) is 0 Å². The number of methoxy groups -OCH3 is 1. The minimum Gasteiger partial charge on any atom is -0.389 e. The summed E-state index contributed by atoms with van der Waals surface area (Å²) in [7, 11) is 1.69. The van der Waals surface area contributed by atoms with Crippen LogP contribution in [0.25, 0.3) is 0 Å². The van der Waals surface area contributed by atoms with Crippen LogP contribution in [-0.4, -0.2) is 28.3 Å². The van der Waals surface area contributed by atoms with E-state index in [1.165, 1.54) is 0 Å². The molecular formula is C14H17N3OS. The lowest BCUT2D eigenvalue weighted by Gasteiger charge is -2.09. The van der Waals surface area contributed by atoms with E-state index in [2.05, 4.69) is 15.6 Å². The Labute approximate surface area is 118 Å². The number of ether oxygens (including phenoxy) is 1. The van der Waals surface area contributed by atoms with E-state index in [1.54, 1.807) is 7.11 Å². The van der Waals surface area contributed by atoms with Gasteiger partial charge in [0.1, 0.15) is 10.8 Å². The maximum absolute atomic E-state index is 5.65. The van der Waals surface area contributed by atoms with Gasteiger partial charge in [0.25, 0.3) is 0 Å². The first-order valence-electron chi connectivity index (χ1n) is 6.08. The normalized spacial score (nSPS) is 10.6. The first-order valence-corrected chi connectivity index (χ1v) is 6.49. The van der Waals surface area contributed by atoms with Gasteiger partial charge in [0.15, 0.2) is 0 Å². The molecule has 4 nitrogen and oxygen atoms in total. The fourth-order valence-electron chi connectivity index (χ4n) is 1.93. The topological polar surface area (TPSA) is 53.1 Å². The van der Waals surface area contributed by atoms with E-state index in [1.807, 2.05) is 30.6 Å². The van der Waals surface area contributed by atoms with E-state index in [4.69, 9.17) is 22.7 Å². The molecule has 0 saturated heterocycles. The molecule has 2 rings (SSSR count). The molecule has 2 N–H and O–H groups in total. The molecule has 5 heteroatoms. The molecular weight excluding hydrogens is 258 g/mol. The number of nitrogens with two attached hydrogens (primary N) is 1. The van der Waals surface area contributed by atoms with E-state index >= 15 is 0 Å². The predicted octanol–water partition coefficient (Wildman–Crippen LogP) is 1.75. The van der Waals surface area contributed by atoms with Crippen LogP contribution >= 0.6 is 12.2 Å². The van der Waals surface area contributed by atoms with E-state index < -0.39 is 0 Å². The van der Waals surface area contributed by atoms with Gasteiger partial charge in [-0.1, -0.05) is 30.4 Å². The lowest BCUT2D eigenvalue weighted by molar-refractivity contribution is 0.199. The third kappa shape index (κ3) is 3.62. The van der Waals surface area contributed by atoms with Gasteiger partial charge in [-0.25, -0.2) is 4.98 Å². The Morgan fingerprint density at radius 1 is 1.47 bits per heavy atom. The van der Waals surface area contributed by atoms with Crippen LogP contribution in [0.5, 0.6) is 0 Å². The quantitative estimate of drug-likeness (QED) is 0.816. The molecule has 1 aromatic carbocycles. The highest BCUT2D eigenvalue weighted by Crippen LogP contribution is 2.09. The average molecular weight is 275 g/mol. The summed E-state index contributed by atoms with van der Waals surface area (Å²) in [6, 6.07) is 7.96. The first-order chi connectivity index (χ1) is 9.20. The summed E-state index contributed by atoms with van der Waals surface area (Å²) in [5.74, 6) is 1.02. The van der Waals surface area contributed by atoms with Crippen LogP contribution in [0.2, 0.25) is 0 Å². The van der Waals surface area contributed by atoms with Crippen LogP contribution in [0.15, 0.2) is 36.7 Å². The van der Waals surface area contributed by atoms with Crippen molar-refractivity contribution in [2.24, 2.45) is 5.73 Å². The van der Waals surface area contributed by atoms with Crippen LogP contribution in [0.3, 0.4) is 0 Å². The van der Waals surface area contributed by atoms with Crippen molar-refractivity contribution in [3.05, 3.63) is 53.6 Å². The van der Waals surface area contributed by atoms with Gasteiger partial charge in [-0.2, -0.15) is 0 Å². The minimum absolute atomic E-state index is 0.423. The number of hydrogen-bond donors (Lipinski definition) is 1. The molecule has 0 aliphatic rings. The van der Waals surface area contributed by atoms with Crippen molar-refractivity contribution in [2.75, 3.05) is 13.7 Å². The Hall–Kier alpha value is -1.72. The Morgan fingerprint density at radius 2 is 2.32 bits per heavy atom. The second-order valence-electron chi connectivity index (χ2n) is 4.28. The monoisotopic (exact) mass is 275 g/mol. The standard InChI is InChI=1S/C14H17N3OS/c1-18-8-5-13-16-6-7-17(13)10-11-3-2-4-12(9-11)14(15)19/h2-4,6-7,9H,5,8,10H2,1H3,(H2,15,19). The Bertz CT molecular complexity index is 565. The van der Waals surface area contributed by atoms with Crippen molar-refractivity contribution in [3.8, 4) is 0 Å². The van der Waals surface area contributed by atoms with Gasteiger partial charge in [0.2, 0.25) is 0 Å². The molecule has 1 aromatic heterocycles. The fraction of sp³-hybridized carbons (Fsp3) is 0.286. The molecule has 0 bridgehead atoms. The summed E-state index contributed by atoms with van der Waals surface area (Å²) < 4.78 is 7.19. The van der Waals surface area contributed by atoms with Gasteiger partial charge < -0.3 is 15.0 Å². The Balaban J connectivity index is 2.14. The summed E-state index contributed by atoms with van der Waals surface area (Å²) >= 11 is 4.99. The van der Waals surface area contributed by atoms with Crippen LogP contribution in [0.1, 0.15) is 17.0 Å². The summed E-state index contributed by atoms with van der Waals surface area (Å²) in [6.45, 7) is 1.43. The molecule has 0 radical (unpaired) electrons. The van der Waals surface area contributed by atoms with Gasteiger partial charge in [-0.05, 0) is 11.6 Å². The molecule has 19 heavy (non-hydrogen) atoms. The van der Waals surface area contributed by atoms with Crippen molar-refractivity contribution < 1.29 is 4.74 Å². The molecule has 2 aromatic rings. The van der Waals surface area contributed by atoms with Gasteiger partial charge in [-0.15, -0.1) is 0 Å². The van der Waals surface area contributed by atoms with Gasteiger partial charge in [0, 0.05) is 38.0 Å².